The van der Waals surface area contributed by atoms with Crippen LogP contribution < -0.4 is 4.72 Å². The molecule has 0 amide bonds. The van der Waals surface area contributed by atoms with E-state index in [1.807, 2.05) is 13.8 Å². The van der Waals surface area contributed by atoms with Gasteiger partial charge in [-0.3, -0.25) is 5.41 Å². The minimum absolute atomic E-state index is 0.0182. The minimum atomic E-state index is -2.27. The molecule has 0 saturated heterocycles. The molecular weight excluding hydrogens is 150 g/mol. The number of hydrogen-bond donors (Lipinski definition) is 2. The fourth-order valence-corrected chi connectivity index (χ4v) is 2.02. The standard InChI is InChI=1S/C5H11N3OS/c1-4(2)10(9)7-3-5(6)8-10/h4H,3H2,1-2H3,(H2,6,7,8,9). The number of amidine groups is 1. The van der Waals surface area contributed by atoms with E-state index in [2.05, 4.69) is 9.08 Å². The van der Waals surface area contributed by atoms with Gasteiger partial charge in [0, 0.05) is 0 Å². The highest BCUT2D eigenvalue weighted by Crippen LogP contribution is 2.06. The largest absolute Gasteiger partial charge is 0.285 e. The summed E-state index contributed by atoms with van der Waals surface area (Å²) in [6.45, 7) is 4.01. The summed E-state index contributed by atoms with van der Waals surface area (Å²) in [6.07, 6.45) is 0. The molecule has 58 valence electrons. The van der Waals surface area contributed by atoms with Crippen LogP contribution in [0.3, 0.4) is 0 Å². The van der Waals surface area contributed by atoms with Crippen molar-refractivity contribution in [2.45, 2.75) is 19.1 Å². The van der Waals surface area contributed by atoms with Crippen LogP contribution in [0.1, 0.15) is 13.8 Å². The second-order valence-corrected chi connectivity index (χ2v) is 5.03. The Morgan fingerprint density at radius 3 is 2.60 bits per heavy atom. The summed E-state index contributed by atoms with van der Waals surface area (Å²) in [5.74, 6) is 0.193. The van der Waals surface area contributed by atoms with Gasteiger partial charge >= 0.3 is 0 Å². The molecule has 0 saturated carbocycles. The van der Waals surface area contributed by atoms with Gasteiger partial charge in [0.2, 0.25) is 0 Å². The summed E-state index contributed by atoms with van der Waals surface area (Å²) in [7, 11) is -2.27. The molecular formula is C5H11N3OS. The third-order valence-corrected chi connectivity index (χ3v) is 3.66. The molecule has 1 heterocycles. The van der Waals surface area contributed by atoms with Crippen molar-refractivity contribution in [1.29, 1.82) is 5.41 Å². The predicted molar refractivity (Wildman–Crippen MR) is 41.4 cm³/mol. The fourth-order valence-electron chi connectivity index (χ4n) is 0.672. The Hall–Kier alpha value is -0.420. The lowest BCUT2D eigenvalue weighted by atomic mass is 10.6. The second kappa shape index (κ2) is 2.32. The number of rotatable bonds is 1. The molecule has 1 aliphatic rings. The average molecular weight is 161 g/mol. The van der Waals surface area contributed by atoms with E-state index >= 15 is 0 Å². The maximum Gasteiger partial charge on any atom is 0.146 e. The zero-order chi connectivity index (χ0) is 7.78. The van der Waals surface area contributed by atoms with E-state index in [1.54, 1.807) is 0 Å². The van der Waals surface area contributed by atoms with Gasteiger partial charge in [-0.2, -0.15) is 4.36 Å². The Morgan fingerprint density at radius 1 is 1.80 bits per heavy atom. The first kappa shape index (κ1) is 7.68. The first-order valence-corrected chi connectivity index (χ1v) is 4.70. The molecule has 0 radical (unpaired) electrons. The van der Waals surface area contributed by atoms with Gasteiger partial charge in [-0.1, -0.05) is 0 Å². The molecule has 1 aliphatic heterocycles. The molecule has 4 nitrogen and oxygen atoms in total. The normalized spacial score (nSPS) is 32.9. The summed E-state index contributed by atoms with van der Waals surface area (Å²) >= 11 is 0. The highest BCUT2D eigenvalue weighted by Gasteiger charge is 2.20. The quantitative estimate of drug-likeness (QED) is 0.573. The predicted octanol–water partition coefficient (Wildman–Crippen LogP) is 0.358. The summed E-state index contributed by atoms with van der Waals surface area (Å²) in [4.78, 5) is 0. The fraction of sp³-hybridized carbons (Fsp3) is 0.800. The number of nitrogens with zero attached hydrogens (tertiary/aromatic N) is 1. The van der Waals surface area contributed by atoms with Gasteiger partial charge in [0.25, 0.3) is 0 Å². The lowest BCUT2D eigenvalue weighted by Crippen LogP contribution is -2.26. The number of nitrogens with one attached hydrogen (secondary N) is 2. The monoisotopic (exact) mass is 161 g/mol. The third-order valence-electron chi connectivity index (χ3n) is 1.33. The smallest absolute Gasteiger partial charge is 0.146 e. The molecule has 0 aromatic carbocycles. The highest BCUT2D eigenvalue weighted by molar-refractivity contribution is 7.92. The zero-order valence-corrected chi connectivity index (χ0v) is 6.86. The van der Waals surface area contributed by atoms with E-state index in [4.69, 9.17) is 5.41 Å². The van der Waals surface area contributed by atoms with E-state index in [1.165, 1.54) is 0 Å². The second-order valence-electron chi connectivity index (χ2n) is 2.48. The van der Waals surface area contributed by atoms with E-state index < -0.39 is 9.92 Å². The minimum Gasteiger partial charge on any atom is -0.285 e. The lowest BCUT2D eigenvalue weighted by molar-refractivity contribution is 0.665. The highest BCUT2D eigenvalue weighted by atomic mass is 32.2. The maximum atomic E-state index is 11.5. The van der Waals surface area contributed by atoms with Crippen LogP contribution in [-0.4, -0.2) is 21.8 Å². The molecule has 5 heteroatoms. The molecule has 0 bridgehead atoms. The van der Waals surface area contributed by atoms with Gasteiger partial charge in [-0.15, -0.1) is 0 Å². The Morgan fingerprint density at radius 2 is 2.40 bits per heavy atom. The zero-order valence-electron chi connectivity index (χ0n) is 6.05. The van der Waals surface area contributed by atoms with E-state index in [9.17, 15) is 4.21 Å². The SMILES string of the molecule is CC(C)S1(=O)=NC(=N)CN1. The molecule has 1 unspecified atom stereocenters. The van der Waals surface area contributed by atoms with Crippen LogP contribution in [0.15, 0.2) is 4.36 Å². The van der Waals surface area contributed by atoms with Crippen LogP contribution in [0.25, 0.3) is 0 Å². The van der Waals surface area contributed by atoms with Crippen molar-refractivity contribution in [2.75, 3.05) is 6.54 Å². The number of hydrogen-bond acceptors (Lipinski definition) is 2. The molecule has 1 rings (SSSR count). The Labute approximate surface area is 60.8 Å². The summed E-state index contributed by atoms with van der Waals surface area (Å²) in [5.41, 5.74) is 0. The summed E-state index contributed by atoms with van der Waals surface area (Å²) in [6, 6.07) is 0. The molecule has 1 atom stereocenters. The van der Waals surface area contributed by atoms with E-state index in [0.717, 1.165) is 0 Å². The third kappa shape index (κ3) is 1.19. The molecule has 0 fully saturated rings. The van der Waals surface area contributed by atoms with Crippen molar-refractivity contribution in [3.8, 4) is 0 Å². The summed E-state index contributed by atoms with van der Waals surface area (Å²) < 4.78 is 17.9. The lowest BCUT2D eigenvalue weighted by Gasteiger charge is -2.06. The van der Waals surface area contributed by atoms with Crippen molar-refractivity contribution >= 4 is 15.8 Å². The topological polar surface area (TPSA) is 65.3 Å². The van der Waals surface area contributed by atoms with Gasteiger partial charge in [-0.05, 0) is 13.8 Å². The van der Waals surface area contributed by atoms with Crippen molar-refractivity contribution in [3.63, 3.8) is 0 Å². The molecule has 0 aromatic rings. The first-order valence-electron chi connectivity index (χ1n) is 3.12. The van der Waals surface area contributed by atoms with Crippen molar-refractivity contribution < 1.29 is 4.21 Å². The van der Waals surface area contributed by atoms with Gasteiger partial charge in [0.1, 0.15) is 15.8 Å². The van der Waals surface area contributed by atoms with Crippen LogP contribution in [-0.2, 0) is 9.92 Å². The van der Waals surface area contributed by atoms with Crippen LogP contribution in [0.5, 0.6) is 0 Å². The van der Waals surface area contributed by atoms with Gasteiger partial charge in [-0.25, -0.2) is 8.93 Å². The molecule has 0 aliphatic carbocycles. The van der Waals surface area contributed by atoms with Crippen LogP contribution in [0.4, 0.5) is 0 Å². The van der Waals surface area contributed by atoms with Crippen molar-refractivity contribution in [1.82, 2.24) is 4.72 Å². The Balaban J connectivity index is 3.01. The van der Waals surface area contributed by atoms with Gasteiger partial charge in [0.15, 0.2) is 0 Å². The van der Waals surface area contributed by atoms with Crippen molar-refractivity contribution in [2.24, 2.45) is 4.36 Å². The van der Waals surface area contributed by atoms with E-state index in [-0.39, 0.29) is 11.1 Å². The molecule has 0 spiro atoms. The molecule has 2 N–H and O–H groups in total. The van der Waals surface area contributed by atoms with Crippen molar-refractivity contribution in [3.05, 3.63) is 0 Å². The first-order chi connectivity index (χ1) is 4.54. The molecule has 10 heavy (non-hydrogen) atoms. The average Bonchev–Trinajstić information content (AvgIpc) is 2.13. The van der Waals surface area contributed by atoms with Crippen LogP contribution in [0, 0.1) is 5.41 Å². The van der Waals surface area contributed by atoms with Gasteiger partial charge < -0.3 is 0 Å². The van der Waals surface area contributed by atoms with Crippen LogP contribution in [0.2, 0.25) is 0 Å². The Kier molecular flexibility index (Phi) is 1.78. The Bertz CT molecular complexity index is 262. The summed E-state index contributed by atoms with van der Waals surface area (Å²) in [5, 5.41) is 7.07. The van der Waals surface area contributed by atoms with Gasteiger partial charge in [0.05, 0.1) is 11.8 Å². The molecule has 0 aromatic heterocycles. The van der Waals surface area contributed by atoms with Crippen LogP contribution >= 0.6 is 0 Å². The maximum absolute atomic E-state index is 11.5. The van der Waals surface area contributed by atoms with E-state index in [0.29, 0.717) is 6.54 Å².